The quantitative estimate of drug-likeness (QED) is 0.634. The van der Waals surface area contributed by atoms with E-state index in [1.165, 1.54) is 11.8 Å². The molecule has 0 bridgehead atoms. The maximum absolute atomic E-state index is 10.8. The van der Waals surface area contributed by atoms with Crippen LogP contribution in [0, 0.1) is 0 Å². The summed E-state index contributed by atoms with van der Waals surface area (Å²) in [4.78, 5) is 10.8. The zero-order chi connectivity index (χ0) is 9.68. The molecule has 0 aliphatic heterocycles. The normalized spacial score (nSPS) is 10.0. The van der Waals surface area contributed by atoms with Crippen molar-refractivity contribution >= 4 is 5.97 Å². The zero-order valence-corrected chi connectivity index (χ0v) is 7.86. The maximum Gasteiger partial charge on any atom is 0.327 e. The summed E-state index contributed by atoms with van der Waals surface area (Å²) >= 11 is 0. The van der Waals surface area contributed by atoms with E-state index in [1.807, 2.05) is 0 Å². The molecule has 0 aliphatic rings. The minimum atomic E-state index is -0.312. The Hall–Kier alpha value is -1.39. The van der Waals surface area contributed by atoms with Crippen LogP contribution in [0.1, 0.15) is 19.0 Å². The van der Waals surface area contributed by atoms with E-state index in [0.717, 1.165) is 18.5 Å². The number of carbonyl (C=O) groups excluding carboxylic acids is 1. The lowest BCUT2D eigenvalue weighted by Gasteiger charge is -1.96. The van der Waals surface area contributed by atoms with Crippen molar-refractivity contribution in [3.8, 4) is 0 Å². The molecule has 0 unspecified atom stereocenters. The average molecular weight is 183 g/mol. The third-order valence-corrected chi connectivity index (χ3v) is 1.61. The van der Waals surface area contributed by atoms with Crippen molar-refractivity contribution < 1.29 is 9.53 Å². The Kier molecular flexibility index (Phi) is 3.42. The molecule has 0 saturated heterocycles. The van der Waals surface area contributed by atoms with Crippen molar-refractivity contribution in [2.24, 2.45) is 0 Å². The van der Waals surface area contributed by atoms with Gasteiger partial charge < -0.3 is 4.74 Å². The van der Waals surface area contributed by atoms with E-state index in [1.54, 1.807) is 6.20 Å². The summed E-state index contributed by atoms with van der Waals surface area (Å²) in [5.74, 6) is -0.312. The Morgan fingerprint density at radius 1 is 1.69 bits per heavy atom. The van der Waals surface area contributed by atoms with E-state index >= 15 is 0 Å². The maximum atomic E-state index is 10.8. The molecule has 72 valence electrons. The van der Waals surface area contributed by atoms with Crippen LogP contribution < -0.4 is 0 Å². The van der Waals surface area contributed by atoms with Crippen molar-refractivity contribution in [3.05, 3.63) is 11.9 Å². The third-order valence-electron chi connectivity index (χ3n) is 1.61. The van der Waals surface area contributed by atoms with Crippen LogP contribution in [0.3, 0.4) is 0 Å². The molecule has 0 N–H and O–H groups in total. The molecule has 1 heterocycles. The summed E-state index contributed by atoms with van der Waals surface area (Å²) < 4.78 is 5.98. The number of hydrogen-bond acceptors (Lipinski definition) is 4. The fourth-order valence-corrected chi connectivity index (χ4v) is 0.983. The van der Waals surface area contributed by atoms with Gasteiger partial charge in [0.05, 0.1) is 12.8 Å². The van der Waals surface area contributed by atoms with Crippen LogP contribution >= 0.6 is 0 Å². The molecule has 0 aromatic carbocycles. The van der Waals surface area contributed by atoms with Crippen molar-refractivity contribution in [3.63, 3.8) is 0 Å². The largest absolute Gasteiger partial charge is 0.468 e. The van der Waals surface area contributed by atoms with Crippen molar-refractivity contribution in [1.29, 1.82) is 0 Å². The molecule has 0 amide bonds. The first kappa shape index (κ1) is 9.70. The summed E-state index contributed by atoms with van der Waals surface area (Å²) in [6, 6.07) is 0. The molecular weight excluding hydrogens is 170 g/mol. The van der Waals surface area contributed by atoms with Gasteiger partial charge in [-0.2, -0.15) is 0 Å². The smallest absolute Gasteiger partial charge is 0.327 e. The lowest BCUT2D eigenvalue weighted by Crippen LogP contribution is -2.11. The molecule has 0 atom stereocenters. The molecular formula is C8H13N3O2. The molecule has 1 rings (SSSR count). The van der Waals surface area contributed by atoms with Gasteiger partial charge in [0, 0.05) is 6.20 Å². The molecule has 5 heteroatoms. The summed E-state index contributed by atoms with van der Waals surface area (Å²) in [5, 5.41) is 7.69. The number of methoxy groups -OCH3 is 1. The van der Waals surface area contributed by atoms with E-state index in [0.29, 0.717) is 0 Å². The van der Waals surface area contributed by atoms with E-state index < -0.39 is 0 Å². The van der Waals surface area contributed by atoms with Crippen molar-refractivity contribution in [2.75, 3.05) is 7.11 Å². The Morgan fingerprint density at radius 2 is 2.46 bits per heavy atom. The Morgan fingerprint density at radius 3 is 3.08 bits per heavy atom. The van der Waals surface area contributed by atoms with Gasteiger partial charge in [0.1, 0.15) is 6.54 Å². The van der Waals surface area contributed by atoms with Crippen LogP contribution in [0.5, 0.6) is 0 Å². The highest BCUT2D eigenvalue weighted by molar-refractivity contribution is 5.68. The van der Waals surface area contributed by atoms with Crippen molar-refractivity contribution in [2.45, 2.75) is 26.3 Å². The summed E-state index contributed by atoms with van der Waals surface area (Å²) in [6.07, 6.45) is 3.68. The average Bonchev–Trinajstić information content (AvgIpc) is 2.53. The van der Waals surface area contributed by atoms with Gasteiger partial charge in [0.2, 0.25) is 0 Å². The summed E-state index contributed by atoms with van der Waals surface area (Å²) in [6.45, 7) is 2.20. The van der Waals surface area contributed by atoms with Gasteiger partial charge in [-0.15, -0.1) is 5.10 Å². The van der Waals surface area contributed by atoms with Gasteiger partial charge in [0.15, 0.2) is 0 Å². The number of nitrogens with zero attached hydrogens (tertiary/aromatic N) is 3. The Labute approximate surface area is 76.7 Å². The second kappa shape index (κ2) is 4.59. The fourth-order valence-electron chi connectivity index (χ4n) is 0.983. The summed E-state index contributed by atoms with van der Waals surface area (Å²) in [7, 11) is 1.35. The predicted octanol–water partition coefficient (Wildman–Crippen LogP) is 0.404. The standard InChI is InChI=1S/C8H13N3O2/c1-3-4-7-5-11(10-9-7)6-8(12)13-2/h5H,3-4,6H2,1-2H3. The minimum absolute atomic E-state index is 0.132. The molecule has 1 aromatic rings. The molecule has 5 nitrogen and oxygen atoms in total. The molecule has 0 saturated carbocycles. The molecule has 1 aromatic heterocycles. The zero-order valence-electron chi connectivity index (χ0n) is 7.86. The van der Waals surface area contributed by atoms with E-state index in [9.17, 15) is 4.79 Å². The highest BCUT2D eigenvalue weighted by atomic mass is 16.5. The first-order valence-electron chi connectivity index (χ1n) is 4.22. The number of hydrogen-bond donors (Lipinski definition) is 0. The number of esters is 1. The predicted molar refractivity (Wildman–Crippen MR) is 46.0 cm³/mol. The monoisotopic (exact) mass is 183 g/mol. The van der Waals surface area contributed by atoms with Crippen LogP contribution in [-0.4, -0.2) is 28.1 Å². The highest BCUT2D eigenvalue weighted by Gasteiger charge is 2.04. The molecule has 13 heavy (non-hydrogen) atoms. The first-order chi connectivity index (χ1) is 6.26. The van der Waals surface area contributed by atoms with Gasteiger partial charge in [-0.05, 0) is 6.42 Å². The minimum Gasteiger partial charge on any atom is -0.468 e. The fraction of sp³-hybridized carbons (Fsp3) is 0.625. The number of aromatic nitrogens is 3. The van der Waals surface area contributed by atoms with Crippen LogP contribution in [0.15, 0.2) is 6.20 Å². The first-order valence-corrected chi connectivity index (χ1v) is 4.22. The lowest BCUT2D eigenvalue weighted by molar-refractivity contribution is -0.141. The number of rotatable bonds is 4. The number of aryl methyl sites for hydroxylation is 1. The van der Waals surface area contributed by atoms with E-state index in [4.69, 9.17) is 0 Å². The van der Waals surface area contributed by atoms with Crippen LogP contribution in [-0.2, 0) is 22.5 Å². The van der Waals surface area contributed by atoms with E-state index in [2.05, 4.69) is 22.0 Å². The highest BCUT2D eigenvalue weighted by Crippen LogP contribution is 1.97. The SMILES string of the molecule is CCCc1cn(CC(=O)OC)nn1. The van der Waals surface area contributed by atoms with Gasteiger partial charge in [-0.3, -0.25) is 4.79 Å². The van der Waals surface area contributed by atoms with E-state index in [-0.39, 0.29) is 12.5 Å². The van der Waals surface area contributed by atoms with Gasteiger partial charge >= 0.3 is 5.97 Å². The van der Waals surface area contributed by atoms with Crippen LogP contribution in [0.25, 0.3) is 0 Å². The number of carbonyl (C=O) groups is 1. The second-order valence-electron chi connectivity index (χ2n) is 2.73. The van der Waals surface area contributed by atoms with Crippen molar-refractivity contribution in [1.82, 2.24) is 15.0 Å². The Bertz CT molecular complexity index is 283. The van der Waals surface area contributed by atoms with Gasteiger partial charge in [-0.25, -0.2) is 4.68 Å². The topological polar surface area (TPSA) is 57.0 Å². The number of ether oxygens (including phenoxy) is 1. The summed E-state index contributed by atoms with van der Waals surface area (Å²) in [5.41, 5.74) is 0.909. The van der Waals surface area contributed by atoms with Crippen LogP contribution in [0.4, 0.5) is 0 Å². The molecule has 0 spiro atoms. The lowest BCUT2D eigenvalue weighted by atomic mass is 10.3. The molecule has 0 radical (unpaired) electrons. The Balaban J connectivity index is 2.53. The van der Waals surface area contributed by atoms with Crippen LogP contribution in [0.2, 0.25) is 0 Å². The van der Waals surface area contributed by atoms with Gasteiger partial charge in [-0.1, -0.05) is 18.6 Å². The molecule has 0 aliphatic carbocycles. The second-order valence-corrected chi connectivity index (χ2v) is 2.73. The molecule has 0 fully saturated rings. The third kappa shape index (κ3) is 2.85. The van der Waals surface area contributed by atoms with Gasteiger partial charge in [0.25, 0.3) is 0 Å².